The van der Waals surface area contributed by atoms with Crippen LogP contribution >= 0.6 is 11.3 Å². The van der Waals surface area contributed by atoms with Crippen molar-refractivity contribution in [1.82, 2.24) is 0 Å². The Labute approximate surface area is 252 Å². The second-order valence-corrected chi connectivity index (χ2v) is 12.0. The van der Waals surface area contributed by atoms with Gasteiger partial charge in [-0.05, 0) is 65.0 Å². The number of para-hydroxylation sites is 1. The van der Waals surface area contributed by atoms with Gasteiger partial charge in [-0.2, -0.15) is 0 Å². The minimum Gasteiger partial charge on any atom is -0.455 e. The zero-order valence-corrected chi connectivity index (χ0v) is 24.0. The second-order valence-electron chi connectivity index (χ2n) is 10.9. The standard InChI is InChI=1S/C40H25NOS/c1-2-13-28(14-3-1)41(35-20-9-19-33-32-17-6-7-22-37(32)43-40(33)35)29-15-8-12-27(25-29)30-18-10-21-36-38(30)34-24-23-26-11-4-5-16-31(26)39(34)42-36/h1-25H. The van der Waals surface area contributed by atoms with Crippen LogP contribution in [-0.2, 0) is 0 Å². The molecule has 9 rings (SSSR count). The Bertz CT molecular complexity index is 2470. The lowest BCUT2D eigenvalue weighted by atomic mass is 9.97. The molecular formula is C40H25NOS. The van der Waals surface area contributed by atoms with Gasteiger partial charge in [0, 0.05) is 43.0 Å². The second kappa shape index (κ2) is 9.59. The van der Waals surface area contributed by atoms with Crippen molar-refractivity contribution in [2.24, 2.45) is 0 Å². The van der Waals surface area contributed by atoms with Crippen LogP contribution in [0.1, 0.15) is 0 Å². The highest BCUT2D eigenvalue weighted by Crippen LogP contribution is 2.46. The molecule has 2 aromatic heterocycles. The quantitative estimate of drug-likeness (QED) is 0.210. The van der Waals surface area contributed by atoms with Crippen LogP contribution in [-0.4, -0.2) is 0 Å². The van der Waals surface area contributed by atoms with Gasteiger partial charge in [0.15, 0.2) is 0 Å². The van der Waals surface area contributed by atoms with E-state index >= 15 is 0 Å². The number of fused-ring (bicyclic) bond motifs is 8. The summed E-state index contributed by atoms with van der Waals surface area (Å²) in [5, 5.41) is 7.21. The number of thiophene rings is 1. The highest BCUT2D eigenvalue weighted by Gasteiger charge is 2.19. The lowest BCUT2D eigenvalue weighted by molar-refractivity contribution is 0.673. The van der Waals surface area contributed by atoms with E-state index in [4.69, 9.17) is 4.42 Å². The minimum absolute atomic E-state index is 0.907. The number of benzene rings is 7. The van der Waals surface area contributed by atoms with Crippen LogP contribution in [0.4, 0.5) is 17.1 Å². The molecule has 0 radical (unpaired) electrons. The molecule has 2 nitrogen and oxygen atoms in total. The van der Waals surface area contributed by atoms with Gasteiger partial charge in [-0.25, -0.2) is 0 Å². The zero-order valence-electron chi connectivity index (χ0n) is 23.2. The SMILES string of the molecule is c1ccc(N(c2cccc(-c3cccc4oc5c6ccccc6ccc5c34)c2)c2cccc3c2sc2ccccc23)cc1. The highest BCUT2D eigenvalue weighted by molar-refractivity contribution is 7.26. The maximum Gasteiger partial charge on any atom is 0.143 e. The van der Waals surface area contributed by atoms with Gasteiger partial charge in [0.1, 0.15) is 11.2 Å². The summed E-state index contributed by atoms with van der Waals surface area (Å²) >= 11 is 1.86. The molecule has 0 aliphatic carbocycles. The van der Waals surface area contributed by atoms with Crippen molar-refractivity contribution in [2.45, 2.75) is 0 Å². The first kappa shape index (κ1) is 24.2. The number of furan rings is 1. The Morgan fingerprint density at radius 1 is 0.512 bits per heavy atom. The van der Waals surface area contributed by atoms with Crippen molar-refractivity contribution in [3.63, 3.8) is 0 Å². The van der Waals surface area contributed by atoms with Gasteiger partial charge in [0.05, 0.1) is 10.4 Å². The van der Waals surface area contributed by atoms with E-state index in [0.717, 1.165) is 44.3 Å². The molecule has 202 valence electrons. The summed E-state index contributed by atoms with van der Waals surface area (Å²) in [5.41, 5.74) is 7.60. The number of hydrogen-bond donors (Lipinski definition) is 0. The molecular weight excluding hydrogens is 543 g/mol. The summed E-state index contributed by atoms with van der Waals surface area (Å²) in [6.45, 7) is 0. The Kier molecular flexibility index (Phi) is 5.40. The highest BCUT2D eigenvalue weighted by atomic mass is 32.1. The summed E-state index contributed by atoms with van der Waals surface area (Å²) in [5.74, 6) is 0. The number of anilines is 3. The predicted molar refractivity (Wildman–Crippen MR) is 184 cm³/mol. The number of hydrogen-bond acceptors (Lipinski definition) is 3. The maximum atomic E-state index is 6.51. The van der Waals surface area contributed by atoms with Crippen LogP contribution in [0.5, 0.6) is 0 Å². The topological polar surface area (TPSA) is 16.4 Å². The van der Waals surface area contributed by atoms with Gasteiger partial charge in [0.2, 0.25) is 0 Å². The predicted octanol–water partition coefficient (Wildman–Crippen LogP) is 12.2. The van der Waals surface area contributed by atoms with E-state index in [1.165, 1.54) is 36.8 Å². The summed E-state index contributed by atoms with van der Waals surface area (Å²) in [7, 11) is 0. The van der Waals surface area contributed by atoms with Crippen LogP contribution < -0.4 is 4.90 Å². The largest absolute Gasteiger partial charge is 0.455 e. The smallest absolute Gasteiger partial charge is 0.143 e. The number of nitrogens with zero attached hydrogens (tertiary/aromatic N) is 1. The monoisotopic (exact) mass is 567 g/mol. The first-order valence-electron chi connectivity index (χ1n) is 14.5. The lowest BCUT2D eigenvalue weighted by Crippen LogP contribution is -2.10. The fourth-order valence-corrected chi connectivity index (χ4v) is 7.73. The average Bonchev–Trinajstić information content (AvgIpc) is 3.65. The molecule has 7 aromatic carbocycles. The van der Waals surface area contributed by atoms with Crippen LogP contribution in [0.15, 0.2) is 156 Å². The van der Waals surface area contributed by atoms with Crippen LogP contribution in [0, 0.1) is 0 Å². The van der Waals surface area contributed by atoms with Crippen LogP contribution in [0.3, 0.4) is 0 Å². The van der Waals surface area contributed by atoms with Gasteiger partial charge >= 0.3 is 0 Å². The molecule has 0 aliphatic rings. The molecule has 0 atom stereocenters. The Morgan fingerprint density at radius 3 is 2.19 bits per heavy atom. The van der Waals surface area contributed by atoms with E-state index in [0.29, 0.717) is 0 Å². The molecule has 0 fully saturated rings. The fraction of sp³-hybridized carbons (Fsp3) is 0. The van der Waals surface area contributed by atoms with Crippen molar-refractivity contribution >= 4 is 81.3 Å². The third kappa shape index (κ3) is 3.79. The molecule has 0 aliphatic heterocycles. The van der Waals surface area contributed by atoms with E-state index in [1.807, 2.05) is 11.3 Å². The average molecular weight is 568 g/mol. The fourth-order valence-electron chi connectivity index (χ4n) is 6.52. The Balaban J connectivity index is 1.27. The minimum atomic E-state index is 0.907. The van der Waals surface area contributed by atoms with Crippen molar-refractivity contribution in [3.05, 3.63) is 152 Å². The van der Waals surface area contributed by atoms with Crippen molar-refractivity contribution in [3.8, 4) is 11.1 Å². The summed E-state index contributed by atoms with van der Waals surface area (Å²) < 4.78 is 9.10. The number of rotatable bonds is 4. The normalized spacial score (nSPS) is 11.7. The first-order chi connectivity index (χ1) is 21.3. The van der Waals surface area contributed by atoms with Gasteiger partial charge in [-0.15, -0.1) is 11.3 Å². The summed E-state index contributed by atoms with van der Waals surface area (Å²) in [4.78, 5) is 2.39. The van der Waals surface area contributed by atoms with Crippen molar-refractivity contribution < 1.29 is 4.42 Å². The molecule has 0 bridgehead atoms. The summed E-state index contributed by atoms with van der Waals surface area (Å²) in [6.07, 6.45) is 0. The Hall–Kier alpha value is -5.38. The van der Waals surface area contributed by atoms with Crippen LogP contribution in [0.2, 0.25) is 0 Å². The van der Waals surface area contributed by atoms with Gasteiger partial charge in [-0.1, -0.05) is 103 Å². The maximum absolute atomic E-state index is 6.51. The van der Waals surface area contributed by atoms with Gasteiger partial charge < -0.3 is 9.32 Å². The van der Waals surface area contributed by atoms with Gasteiger partial charge in [-0.3, -0.25) is 0 Å². The summed E-state index contributed by atoms with van der Waals surface area (Å²) in [6, 6.07) is 54.2. The molecule has 3 heteroatoms. The molecule has 0 amide bonds. The molecule has 9 aromatic rings. The Morgan fingerprint density at radius 2 is 1.26 bits per heavy atom. The third-order valence-electron chi connectivity index (χ3n) is 8.44. The van der Waals surface area contributed by atoms with Gasteiger partial charge in [0.25, 0.3) is 0 Å². The molecule has 0 saturated carbocycles. The van der Waals surface area contributed by atoms with E-state index in [-0.39, 0.29) is 0 Å². The molecule has 0 N–H and O–H groups in total. The molecule has 0 saturated heterocycles. The van der Waals surface area contributed by atoms with Crippen molar-refractivity contribution in [2.75, 3.05) is 4.90 Å². The molecule has 43 heavy (non-hydrogen) atoms. The van der Waals surface area contributed by atoms with Crippen LogP contribution in [0.25, 0.3) is 64.0 Å². The first-order valence-corrected chi connectivity index (χ1v) is 15.3. The van der Waals surface area contributed by atoms with E-state index in [2.05, 4.69) is 157 Å². The molecule has 2 heterocycles. The van der Waals surface area contributed by atoms with E-state index < -0.39 is 0 Å². The zero-order chi connectivity index (χ0) is 28.3. The lowest BCUT2D eigenvalue weighted by Gasteiger charge is -2.26. The van der Waals surface area contributed by atoms with E-state index in [1.54, 1.807) is 0 Å². The van der Waals surface area contributed by atoms with E-state index in [9.17, 15) is 0 Å². The molecule has 0 spiro atoms. The molecule has 0 unspecified atom stereocenters. The van der Waals surface area contributed by atoms with Crippen molar-refractivity contribution in [1.29, 1.82) is 0 Å². The third-order valence-corrected chi connectivity index (χ3v) is 9.65.